The van der Waals surface area contributed by atoms with E-state index in [9.17, 15) is 29.4 Å². The molecule has 4 atom stereocenters. The summed E-state index contributed by atoms with van der Waals surface area (Å²) in [7, 11) is 0. The molecule has 4 amide bonds. The van der Waals surface area contributed by atoms with Gasteiger partial charge in [-0.15, -0.1) is 0 Å². The summed E-state index contributed by atoms with van der Waals surface area (Å²) in [4.78, 5) is 54.4. The van der Waals surface area contributed by atoms with Crippen molar-refractivity contribution in [3.63, 3.8) is 0 Å². The molecule has 0 aliphatic heterocycles. The SMILES string of the molecule is CCCN(CCC)C(=O)c1cc(C(N)=O)cc(C(=O)NC(Cc2ccccc2)C(O)C(O)C(C(=O)NCc2ccccc2)C(C)C)c1. The van der Waals surface area contributed by atoms with Crippen LogP contribution in [-0.2, 0) is 17.8 Å². The second kappa shape index (κ2) is 18.0. The number of nitrogens with two attached hydrogens (primary N) is 1. The monoisotopic (exact) mass is 644 g/mol. The molecule has 0 saturated carbocycles. The van der Waals surface area contributed by atoms with Gasteiger partial charge in [-0.2, -0.15) is 0 Å². The van der Waals surface area contributed by atoms with Crippen LogP contribution in [0.3, 0.4) is 0 Å². The molecular formula is C37H48N4O6. The highest BCUT2D eigenvalue weighted by Gasteiger charge is 2.38. The average molecular weight is 645 g/mol. The normalized spacial score (nSPS) is 13.7. The standard InChI is InChI=1S/C37H48N4O6/c1-5-17-41(18-6-2)37(47)29-21-27(34(38)44)20-28(22-29)35(45)40-30(19-25-13-9-7-10-14-25)32(42)33(43)31(24(3)4)36(46)39-23-26-15-11-8-12-16-26/h7-16,20-22,24,30-33,42-43H,5-6,17-19,23H2,1-4H3,(H2,38,44)(H,39,46)(H,40,45). The van der Waals surface area contributed by atoms with Crippen LogP contribution in [0.5, 0.6) is 0 Å². The van der Waals surface area contributed by atoms with E-state index in [1.807, 2.05) is 74.5 Å². The lowest BCUT2D eigenvalue weighted by Crippen LogP contribution is -2.55. The zero-order chi connectivity index (χ0) is 34.5. The molecule has 0 saturated heterocycles. The molecule has 0 fully saturated rings. The van der Waals surface area contributed by atoms with E-state index in [0.29, 0.717) is 13.1 Å². The molecule has 47 heavy (non-hydrogen) atoms. The zero-order valence-electron chi connectivity index (χ0n) is 27.7. The van der Waals surface area contributed by atoms with Gasteiger partial charge in [0, 0.05) is 36.3 Å². The Bertz CT molecular complexity index is 1470. The maximum atomic E-state index is 13.8. The van der Waals surface area contributed by atoms with Gasteiger partial charge in [-0.1, -0.05) is 88.4 Å². The zero-order valence-corrected chi connectivity index (χ0v) is 27.7. The summed E-state index contributed by atoms with van der Waals surface area (Å²) in [6.45, 7) is 8.74. The molecule has 0 aliphatic carbocycles. The van der Waals surface area contributed by atoms with Crippen LogP contribution >= 0.6 is 0 Å². The van der Waals surface area contributed by atoms with Gasteiger partial charge in [-0.25, -0.2) is 0 Å². The second-order valence-corrected chi connectivity index (χ2v) is 12.2. The summed E-state index contributed by atoms with van der Waals surface area (Å²) in [6.07, 6.45) is -1.50. The fraction of sp³-hybridized carbons (Fsp3) is 0.405. The molecule has 3 rings (SSSR count). The average Bonchev–Trinajstić information content (AvgIpc) is 3.06. The van der Waals surface area contributed by atoms with Crippen LogP contribution < -0.4 is 16.4 Å². The first-order valence-electron chi connectivity index (χ1n) is 16.2. The minimum absolute atomic E-state index is 0.00152. The van der Waals surface area contributed by atoms with Gasteiger partial charge in [0.05, 0.1) is 18.1 Å². The number of primary amides is 1. The summed E-state index contributed by atoms with van der Waals surface area (Å²) in [5.74, 6) is -3.58. The Morgan fingerprint density at radius 2 is 1.30 bits per heavy atom. The number of benzene rings is 3. The number of amides is 4. The number of nitrogens with one attached hydrogen (secondary N) is 2. The summed E-state index contributed by atoms with van der Waals surface area (Å²) in [5, 5.41) is 28.7. The molecule has 0 spiro atoms. The van der Waals surface area contributed by atoms with Crippen molar-refractivity contribution in [2.45, 2.75) is 71.8 Å². The number of hydrogen-bond donors (Lipinski definition) is 5. The van der Waals surface area contributed by atoms with Crippen LogP contribution in [0, 0.1) is 11.8 Å². The molecule has 0 aromatic heterocycles. The van der Waals surface area contributed by atoms with Gasteiger partial charge in [0.2, 0.25) is 11.8 Å². The van der Waals surface area contributed by atoms with Gasteiger partial charge >= 0.3 is 0 Å². The van der Waals surface area contributed by atoms with Gasteiger partial charge in [0.1, 0.15) is 6.10 Å². The number of carbonyl (C=O) groups is 4. The summed E-state index contributed by atoms with van der Waals surface area (Å²) in [5.41, 5.74) is 7.37. The Labute approximate surface area is 277 Å². The highest BCUT2D eigenvalue weighted by molar-refractivity contribution is 6.04. The van der Waals surface area contributed by atoms with Crippen LogP contribution in [0.4, 0.5) is 0 Å². The molecule has 4 unspecified atom stereocenters. The number of rotatable bonds is 17. The van der Waals surface area contributed by atoms with Crippen molar-refractivity contribution in [3.8, 4) is 0 Å². The van der Waals surface area contributed by atoms with E-state index in [1.54, 1.807) is 18.7 Å². The molecule has 0 radical (unpaired) electrons. The number of nitrogens with zero attached hydrogens (tertiary/aromatic N) is 1. The lowest BCUT2D eigenvalue weighted by molar-refractivity contribution is -0.135. The van der Waals surface area contributed by atoms with Crippen molar-refractivity contribution in [1.82, 2.24) is 15.5 Å². The van der Waals surface area contributed by atoms with E-state index in [2.05, 4.69) is 10.6 Å². The lowest BCUT2D eigenvalue weighted by atomic mass is 9.83. The van der Waals surface area contributed by atoms with Crippen molar-refractivity contribution in [1.29, 1.82) is 0 Å². The molecular weight excluding hydrogens is 596 g/mol. The Balaban J connectivity index is 1.92. The third-order valence-corrected chi connectivity index (χ3v) is 8.08. The maximum Gasteiger partial charge on any atom is 0.253 e. The van der Waals surface area contributed by atoms with Gasteiger partial charge < -0.3 is 31.5 Å². The first kappa shape index (κ1) is 36.9. The molecule has 0 heterocycles. The number of hydrogen-bond acceptors (Lipinski definition) is 6. The minimum atomic E-state index is -1.56. The fourth-order valence-electron chi connectivity index (χ4n) is 5.64. The molecule has 3 aromatic carbocycles. The van der Waals surface area contributed by atoms with Gasteiger partial charge in [0.15, 0.2) is 0 Å². The van der Waals surface area contributed by atoms with Crippen LogP contribution in [0.15, 0.2) is 78.9 Å². The van der Waals surface area contributed by atoms with Gasteiger partial charge in [0.25, 0.3) is 11.8 Å². The van der Waals surface area contributed by atoms with Crippen LogP contribution in [-0.4, -0.2) is 70.1 Å². The summed E-state index contributed by atoms with van der Waals surface area (Å²) < 4.78 is 0. The summed E-state index contributed by atoms with van der Waals surface area (Å²) in [6, 6.07) is 21.5. The quantitative estimate of drug-likeness (QED) is 0.151. The largest absolute Gasteiger partial charge is 0.390 e. The Kier molecular flexibility index (Phi) is 14.1. The second-order valence-electron chi connectivity index (χ2n) is 12.2. The molecule has 3 aromatic rings. The van der Waals surface area contributed by atoms with E-state index < -0.39 is 41.9 Å². The van der Waals surface area contributed by atoms with Crippen LogP contribution in [0.1, 0.15) is 82.7 Å². The number of aliphatic hydroxyl groups is 2. The van der Waals surface area contributed by atoms with Crippen molar-refractivity contribution in [2.24, 2.45) is 17.6 Å². The Morgan fingerprint density at radius 1 is 0.766 bits per heavy atom. The number of aliphatic hydroxyl groups excluding tert-OH is 2. The van der Waals surface area contributed by atoms with Gasteiger partial charge in [-0.05, 0) is 54.5 Å². The smallest absolute Gasteiger partial charge is 0.253 e. The molecule has 252 valence electrons. The van der Waals surface area contributed by atoms with E-state index in [0.717, 1.165) is 24.0 Å². The highest BCUT2D eigenvalue weighted by atomic mass is 16.3. The van der Waals surface area contributed by atoms with Crippen LogP contribution in [0.25, 0.3) is 0 Å². The lowest BCUT2D eigenvalue weighted by Gasteiger charge is -2.33. The van der Waals surface area contributed by atoms with E-state index in [1.165, 1.54) is 18.2 Å². The third kappa shape index (κ3) is 10.5. The first-order valence-corrected chi connectivity index (χ1v) is 16.2. The topological polar surface area (TPSA) is 162 Å². The predicted molar refractivity (Wildman–Crippen MR) is 181 cm³/mol. The van der Waals surface area contributed by atoms with E-state index in [-0.39, 0.29) is 41.5 Å². The van der Waals surface area contributed by atoms with Crippen molar-refractivity contribution in [3.05, 3.63) is 107 Å². The number of carbonyl (C=O) groups excluding carboxylic acids is 4. The highest BCUT2D eigenvalue weighted by Crippen LogP contribution is 2.23. The van der Waals surface area contributed by atoms with E-state index in [4.69, 9.17) is 5.73 Å². The molecule has 10 heteroatoms. The third-order valence-electron chi connectivity index (χ3n) is 8.08. The van der Waals surface area contributed by atoms with Crippen molar-refractivity contribution in [2.75, 3.05) is 13.1 Å². The van der Waals surface area contributed by atoms with E-state index >= 15 is 0 Å². The van der Waals surface area contributed by atoms with Crippen LogP contribution in [0.2, 0.25) is 0 Å². The molecule has 6 N–H and O–H groups in total. The first-order chi connectivity index (χ1) is 22.5. The Morgan fingerprint density at radius 3 is 1.83 bits per heavy atom. The predicted octanol–water partition coefficient (Wildman–Crippen LogP) is 3.70. The minimum Gasteiger partial charge on any atom is -0.390 e. The van der Waals surface area contributed by atoms with Crippen molar-refractivity contribution < 1.29 is 29.4 Å². The maximum absolute atomic E-state index is 13.8. The molecule has 0 bridgehead atoms. The fourth-order valence-corrected chi connectivity index (χ4v) is 5.64. The van der Waals surface area contributed by atoms with Gasteiger partial charge in [-0.3, -0.25) is 19.2 Å². The molecule has 0 aliphatic rings. The molecule has 10 nitrogen and oxygen atoms in total. The summed E-state index contributed by atoms with van der Waals surface area (Å²) >= 11 is 0. The Hall–Kier alpha value is -4.54. The van der Waals surface area contributed by atoms with Crippen molar-refractivity contribution >= 4 is 23.6 Å².